The van der Waals surface area contributed by atoms with E-state index in [9.17, 15) is 14.7 Å². The maximum absolute atomic E-state index is 12.9. The largest absolute Gasteiger partial charge is 0.446 e. The molecule has 13 atom stereocenters. The van der Waals surface area contributed by atoms with Gasteiger partial charge < -0.3 is 29.5 Å². The van der Waals surface area contributed by atoms with Gasteiger partial charge in [0.2, 0.25) is 0 Å². The molecule has 0 bridgehead atoms. The second-order valence-electron chi connectivity index (χ2n) is 17.6. The summed E-state index contributed by atoms with van der Waals surface area (Å²) in [4.78, 5) is 27.0. The van der Waals surface area contributed by atoms with Crippen LogP contribution >= 0.6 is 0 Å². The van der Waals surface area contributed by atoms with Gasteiger partial charge >= 0.3 is 12.2 Å². The standard InChI is InChI=1S/C36H58N2O6/c1-20(2)27(44-30(40)37-8)22-18-21(3)26-28(42-22)29(39)34(7)24-11-10-23-32(4,5)25(43-31(41)38-16-9-17-38)12-13-35(23)19-36(24,35)15-14-33(26,34)6/h20-29,39H,9-19H2,1-8H3,(H,37,40)/t21-,22?,23+,24?,25?,26+,27?,28?,29+,33?,34-,35?,36?/m1/s1. The smallest absolute Gasteiger partial charge is 0.410 e. The van der Waals surface area contributed by atoms with Crippen LogP contribution in [0.15, 0.2) is 0 Å². The molecular formula is C36H58N2O6. The Bertz CT molecular complexity index is 1190. The number of hydrogen-bond donors (Lipinski definition) is 2. The topological polar surface area (TPSA) is 97.3 Å². The molecule has 7 rings (SSSR count). The van der Waals surface area contributed by atoms with Crippen molar-refractivity contribution < 1.29 is 28.9 Å². The van der Waals surface area contributed by atoms with Crippen LogP contribution in [-0.4, -0.2) is 72.8 Å². The number of amides is 2. The lowest BCUT2D eigenvalue weighted by atomic mass is 9.41. The highest BCUT2D eigenvalue weighted by Gasteiger charge is 2.84. The van der Waals surface area contributed by atoms with Crippen LogP contribution in [0.5, 0.6) is 0 Å². The van der Waals surface area contributed by atoms with Gasteiger partial charge in [-0.2, -0.15) is 0 Å². The number of ether oxygens (including phenoxy) is 3. The summed E-state index contributed by atoms with van der Waals surface area (Å²) < 4.78 is 19.0. The SMILES string of the molecule is CNC(=O)OC(C(C)C)C1C[C@@H](C)[C@H]2C(O1)[C@H](O)[C@@]1(C)C3CC[C@H]4C(C)(C)C(OC(=O)N5CCC5)CCC45CC35CCC21C. The van der Waals surface area contributed by atoms with Crippen LogP contribution in [0.25, 0.3) is 0 Å². The molecule has 248 valence electrons. The molecule has 8 unspecified atom stereocenters. The molecule has 5 saturated carbocycles. The van der Waals surface area contributed by atoms with Gasteiger partial charge in [0.15, 0.2) is 0 Å². The summed E-state index contributed by atoms with van der Waals surface area (Å²) in [5, 5.41) is 15.1. The first-order valence-corrected chi connectivity index (χ1v) is 17.9. The van der Waals surface area contributed by atoms with Gasteiger partial charge in [-0.15, -0.1) is 0 Å². The number of nitrogens with zero attached hydrogens (tertiary/aromatic N) is 1. The molecule has 0 aromatic carbocycles. The van der Waals surface area contributed by atoms with E-state index in [1.165, 1.54) is 12.8 Å². The number of likely N-dealkylation sites (tertiary alicyclic amines) is 1. The highest BCUT2D eigenvalue weighted by atomic mass is 16.6. The van der Waals surface area contributed by atoms with E-state index in [-0.39, 0.29) is 69.4 Å². The number of aliphatic hydroxyl groups is 1. The van der Waals surface area contributed by atoms with E-state index in [1.807, 2.05) is 4.90 Å². The zero-order valence-electron chi connectivity index (χ0n) is 28.5. The van der Waals surface area contributed by atoms with Crippen molar-refractivity contribution in [3.63, 3.8) is 0 Å². The van der Waals surface area contributed by atoms with Crippen LogP contribution in [0.4, 0.5) is 9.59 Å². The van der Waals surface area contributed by atoms with Crippen molar-refractivity contribution in [3.8, 4) is 0 Å². The summed E-state index contributed by atoms with van der Waals surface area (Å²) in [6.45, 7) is 17.8. The van der Waals surface area contributed by atoms with Gasteiger partial charge in [0.05, 0.1) is 18.3 Å². The Morgan fingerprint density at radius 1 is 1.00 bits per heavy atom. The first-order chi connectivity index (χ1) is 20.7. The number of carbonyl (C=O) groups excluding carboxylic acids is 2. The molecule has 2 heterocycles. The Balaban J connectivity index is 1.15. The minimum atomic E-state index is -0.547. The monoisotopic (exact) mass is 614 g/mol. The van der Waals surface area contributed by atoms with Crippen LogP contribution in [0.2, 0.25) is 0 Å². The normalized spacial score (nSPS) is 50.5. The summed E-state index contributed by atoms with van der Waals surface area (Å²) in [5.74, 6) is 1.75. The molecule has 2 saturated heterocycles. The lowest BCUT2D eigenvalue weighted by Gasteiger charge is -2.63. The Hall–Kier alpha value is -1.54. The highest BCUT2D eigenvalue weighted by Crippen LogP contribution is 2.89. The summed E-state index contributed by atoms with van der Waals surface area (Å²) >= 11 is 0. The van der Waals surface area contributed by atoms with E-state index < -0.39 is 12.2 Å². The van der Waals surface area contributed by atoms with Gasteiger partial charge in [-0.3, -0.25) is 0 Å². The van der Waals surface area contributed by atoms with Crippen molar-refractivity contribution in [3.05, 3.63) is 0 Å². The zero-order valence-corrected chi connectivity index (χ0v) is 28.5. The van der Waals surface area contributed by atoms with Crippen molar-refractivity contribution in [1.29, 1.82) is 0 Å². The van der Waals surface area contributed by atoms with Crippen molar-refractivity contribution in [2.24, 2.45) is 56.7 Å². The van der Waals surface area contributed by atoms with E-state index in [4.69, 9.17) is 14.2 Å². The quantitative estimate of drug-likeness (QED) is 0.381. The molecule has 8 heteroatoms. The highest BCUT2D eigenvalue weighted by molar-refractivity contribution is 5.68. The Morgan fingerprint density at radius 2 is 1.68 bits per heavy atom. The minimum absolute atomic E-state index is 0.0115. The predicted octanol–water partition coefficient (Wildman–Crippen LogP) is 6.39. The molecule has 2 amide bonds. The summed E-state index contributed by atoms with van der Waals surface area (Å²) in [6.07, 6.45) is 7.94. The van der Waals surface area contributed by atoms with Crippen molar-refractivity contribution in [2.45, 2.75) is 137 Å². The van der Waals surface area contributed by atoms with Crippen molar-refractivity contribution >= 4 is 12.2 Å². The van der Waals surface area contributed by atoms with Gasteiger partial charge in [-0.25, -0.2) is 9.59 Å². The summed E-state index contributed by atoms with van der Waals surface area (Å²) in [6, 6.07) is 0. The minimum Gasteiger partial charge on any atom is -0.446 e. The van der Waals surface area contributed by atoms with E-state index >= 15 is 0 Å². The fourth-order valence-electron chi connectivity index (χ4n) is 13.3. The van der Waals surface area contributed by atoms with Crippen LogP contribution in [0, 0.1) is 56.7 Å². The van der Waals surface area contributed by atoms with E-state index in [0.717, 1.165) is 58.0 Å². The number of hydrogen-bond acceptors (Lipinski definition) is 6. The maximum atomic E-state index is 12.9. The predicted molar refractivity (Wildman–Crippen MR) is 167 cm³/mol. The number of carbonyl (C=O) groups is 2. The third-order valence-corrected chi connectivity index (χ3v) is 15.6. The molecule has 8 nitrogen and oxygen atoms in total. The molecule has 7 fully saturated rings. The van der Waals surface area contributed by atoms with Gasteiger partial charge in [0.25, 0.3) is 0 Å². The summed E-state index contributed by atoms with van der Waals surface area (Å²) in [5.41, 5.74) is 0.239. The molecule has 2 aliphatic heterocycles. The fourth-order valence-corrected chi connectivity index (χ4v) is 13.3. The molecule has 5 aliphatic carbocycles. The number of fused-ring (bicyclic) bond motifs is 4. The van der Waals surface area contributed by atoms with Crippen molar-refractivity contribution in [2.75, 3.05) is 20.1 Å². The van der Waals surface area contributed by atoms with Gasteiger partial charge in [-0.1, -0.05) is 48.5 Å². The van der Waals surface area contributed by atoms with Crippen LogP contribution in [0.3, 0.4) is 0 Å². The number of rotatable bonds is 4. The number of aliphatic hydroxyl groups excluding tert-OH is 1. The first-order valence-electron chi connectivity index (χ1n) is 17.9. The molecule has 2 N–H and O–H groups in total. The van der Waals surface area contributed by atoms with E-state index in [1.54, 1.807) is 7.05 Å². The molecule has 0 radical (unpaired) electrons. The Morgan fingerprint density at radius 3 is 2.32 bits per heavy atom. The summed E-state index contributed by atoms with van der Waals surface area (Å²) in [7, 11) is 1.59. The molecule has 0 aromatic heterocycles. The number of alkyl carbamates (subject to hydrolysis) is 1. The zero-order chi connectivity index (χ0) is 31.6. The second-order valence-corrected chi connectivity index (χ2v) is 17.6. The molecule has 2 spiro atoms. The number of nitrogens with one attached hydrogen (secondary N) is 1. The molecular weight excluding hydrogens is 556 g/mol. The maximum Gasteiger partial charge on any atom is 0.410 e. The second kappa shape index (κ2) is 9.98. The van der Waals surface area contributed by atoms with Crippen molar-refractivity contribution in [1.82, 2.24) is 10.2 Å². The fraction of sp³-hybridized carbons (Fsp3) is 0.944. The molecule has 44 heavy (non-hydrogen) atoms. The van der Waals surface area contributed by atoms with Crippen LogP contribution in [0.1, 0.15) is 106 Å². The van der Waals surface area contributed by atoms with Crippen LogP contribution < -0.4 is 5.32 Å². The van der Waals surface area contributed by atoms with E-state index in [0.29, 0.717) is 17.8 Å². The Labute approximate surface area is 264 Å². The lowest BCUT2D eigenvalue weighted by Crippen LogP contribution is -2.60. The first kappa shape index (κ1) is 31.1. The lowest BCUT2D eigenvalue weighted by molar-refractivity contribution is -0.185. The van der Waals surface area contributed by atoms with Gasteiger partial charge in [0, 0.05) is 31.0 Å². The van der Waals surface area contributed by atoms with Gasteiger partial charge in [-0.05, 0) is 104 Å². The van der Waals surface area contributed by atoms with Gasteiger partial charge in [0.1, 0.15) is 12.2 Å². The van der Waals surface area contributed by atoms with E-state index in [2.05, 4.69) is 53.8 Å². The molecule has 7 aliphatic rings. The van der Waals surface area contributed by atoms with Crippen LogP contribution in [-0.2, 0) is 14.2 Å². The Kier molecular flexibility index (Phi) is 7.05. The third kappa shape index (κ3) is 3.82. The third-order valence-electron chi connectivity index (χ3n) is 15.6. The average molecular weight is 615 g/mol. The average Bonchev–Trinajstić information content (AvgIpc) is 3.56. The molecule has 0 aromatic rings.